The molecule has 3 N–H and O–H groups in total. The lowest BCUT2D eigenvalue weighted by molar-refractivity contribution is -0.123. The predicted octanol–water partition coefficient (Wildman–Crippen LogP) is 2.11. The monoisotopic (exact) mass is 527 g/mol. The highest BCUT2D eigenvalue weighted by Crippen LogP contribution is 2.14. The average molecular weight is 527 g/mol. The molecule has 0 bridgehead atoms. The van der Waals surface area contributed by atoms with Crippen molar-refractivity contribution in [3.05, 3.63) is 57.3 Å². The number of benzene rings is 1. The number of aliphatic imine (C=N–C) groups is 1. The third-order valence-corrected chi connectivity index (χ3v) is 5.44. The molecule has 1 aromatic heterocycles. The van der Waals surface area contributed by atoms with Gasteiger partial charge in [0.05, 0.1) is 13.1 Å². The minimum atomic E-state index is -0.114. The molecular formula is C20H26IN5O2S. The quantitative estimate of drug-likeness (QED) is 0.316. The molecule has 1 aliphatic rings. The highest BCUT2D eigenvalue weighted by molar-refractivity contribution is 14.0. The standard InChI is InChI=1S/C20H25N5O2S.HI/c1-14-3-8-17(28-14)12-24-20(21-2)23-11-15-4-6-16(7-5-15)19(27)25-10-9-22-18(26)13-25;/h3-8H,9-13H2,1-2H3,(H,22,26)(H2,21,23,24);1H. The Labute approximate surface area is 192 Å². The molecule has 0 atom stereocenters. The van der Waals surface area contributed by atoms with Gasteiger partial charge in [-0.3, -0.25) is 14.6 Å². The number of carbonyl (C=O) groups excluding carboxylic acids is 2. The summed E-state index contributed by atoms with van der Waals surface area (Å²) in [6.07, 6.45) is 0. The number of rotatable bonds is 5. The fraction of sp³-hybridized carbons (Fsp3) is 0.350. The second-order valence-electron chi connectivity index (χ2n) is 6.57. The lowest BCUT2D eigenvalue weighted by Crippen LogP contribution is -2.49. The molecule has 1 saturated heterocycles. The van der Waals surface area contributed by atoms with Gasteiger partial charge in [-0.05, 0) is 36.8 Å². The topological polar surface area (TPSA) is 85.8 Å². The fourth-order valence-electron chi connectivity index (χ4n) is 2.92. The lowest BCUT2D eigenvalue weighted by Gasteiger charge is -2.26. The van der Waals surface area contributed by atoms with Crippen LogP contribution in [0.4, 0.5) is 0 Å². The van der Waals surface area contributed by atoms with Gasteiger partial charge in [0.2, 0.25) is 5.91 Å². The molecule has 0 unspecified atom stereocenters. The summed E-state index contributed by atoms with van der Waals surface area (Å²) in [5.74, 6) is 0.501. The Balaban J connectivity index is 0.00000300. The number of carbonyl (C=O) groups is 2. The van der Waals surface area contributed by atoms with E-state index in [9.17, 15) is 9.59 Å². The zero-order chi connectivity index (χ0) is 19.9. The Bertz CT molecular complexity index is 866. The minimum Gasteiger partial charge on any atom is -0.353 e. The molecule has 2 amide bonds. The first kappa shape index (κ1) is 23.1. The molecule has 9 heteroatoms. The predicted molar refractivity (Wildman–Crippen MR) is 127 cm³/mol. The second-order valence-corrected chi connectivity index (χ2v) is 7.94. The summed E-state index contributed by atoms with van der Waals surface area (Å²) in [6.45, 7) is 4.59. The molecule has 2 heterocycles. The summed E-state index contributed by atoms with van der Waals surface area (Å²) in [5.41, 5.74) is 1.64. The molecule has 1 fully saturated rings. The van der Waals surface area contributed by atoms with Crippen molar-refractivity contribution in [3.8, 4) is 0 Å². The Morgan fingerprint density at radius 3 is 2.52 bits per heavy atom. The van der Waals surface area contributed by atoms with E-state index in [1.54, 1.807) is 35.4 Å². The van der Waals surface area contributed by atoms with Gasteiger partial charge in [-0.25, -0.2) is 0 Å². The Kier molecular flexibility index (Phi) is 8.90. The highest BCUT2D eigenvalue weighted by Gasteiger charge is 2.22. The molecule has 1 aliphatic heterocycles. The van der Waals surface area contributed by atoms with E-state index >= 15 is 0 Å². The van der Waals surface area contributed by atoms with Gasteiger partial charge in [0.1, 0.15) is 0 Å². The lowest BCUT2D eigenvalue weighted by atomic mass is 10.1. The number of guanidine groups is 1. The van der Waals surface area contributed by atoms with Crippen molar-refractivity contribution in [1.82, 2.24) is 20.9 Å². The van der Waals surface area contributed by atoms with E-state index in [2.05, 4.69) is 40.0 Å². The Hall–Kier alpha value is -2.14. The normalized spacial score (nSPS) is 14.1. The number of hydrogen-bond donors (Lipinski definition) is 3. The van der Waals surface area contributed by atoms with Crippen molar-refractivity contribution in [2.24, 2.45) is 4.99 Å². The van der Waals surface area contributed by atoms with Crippen LogP contribution in [0.3, 0.4) is 0 Å². The van der Waals surface area contributed by atoms with Gasteiger partial charge in [0, 0.05) is 42.0 Å². The first-order chi connectivity index (χ1) is 13.5. The molecule has 2 aromatic rings. The minimum absolute atomic E-state index is 0. The number of nitrogens with zero attached hydrogens (tertiary/aromatic N) is 2. The molecule has 0 saturated carbocycles. The van der Waals surface area contributed by atoms with Crippen LogP contribution in [0.2, 0.25) is 0 Å². The number of piperazine rings is 1. The number of halogens is 1. The Morgan fingerprint density at radius 1 is 1.17 bits per heavy atom. The van der Waals surface area contributed by atoms with Gasteiger partial charge in [0.15, 0.2) is 5.96 Å². The molecule has 0 spiro atoms. The van der Waals surface area contributed by atoms with Crippen molar-refractivity contribution in [2.75, 3.05) is 26.7 Å². The van der Waals surface area contributed by atoms with Gasteiger partial charge in [-0.2, -0.15) is 0 Å². The summed E-state index contributed by atoms with van der Waals surface area (Å²) in [6, 6.07) is 11.7. The molecule has 3 rings (SSSR count). The van der Waals surface area contributed by atoms with Crippen molar-refractivity contribution < 1.29 is 9.59 Å². The number of amides is 2. The summed E-state index contributed by atoms with van der Waals surface area (Å²) >= 11 is 1.76. The number of nitrogens with one attached hydrogen (secondary N) is 3. The van der Waals surface area contributed by atoms with E-state index in [0.717, 1.165) is 18.1 Å². The zero-order valence-corrected chi connectivity index (χ0v) is 19.7. The van der Waals surface area contributed by atoms with Crippen LogP contribution in [0.5, 0.6) is 0 Å². The van der Waals surface area contributed by atoms with Gasteiger partial charge in [-0.15, -0.1) is 35.3 Å². The van der Waals surface area contributed by atoms with Gasteiger partial charge < -0.3 is 20.9 Å². The third kappa shape index (κ3) is 6.70. The summed E-state index contributed by atoms with van der Waals surface area (Å²) in [7, 11) is 1.74. The van der Waals surface area contributed by atoms with E-state index in [4.69, 9.17) is 0 Å². The maximum absolute atomic E-state index is 12.5. The number of aryl methyl sites for hydroxylation is 1. The zero-order valence-electron chi connectivity index (χ0n) is 16.5. The number of thiophene rings is 1. The summed E-state index contributed by atoms with van der Waals surface area (Å²) in [4.78, 5) is 32.3. The second kappa shape index (κ2) is 11.1. The van der Waals surface area contributed by atoms with Crippen LogP contribution >= 0.6 is 35.3 Å². The van der Waals surface area contributed by atoms with Crippen molar-refractivity contribution in [1.29, 1.82) is 0 Å². The van der Waals surface area contributed by atoms with Crippen molar-refractivity contribution >= 4 is 53.1 Å². The Morgan fingerprint density at radius 2 is 1.90 bits per heavy atom. The van der Waals surface area contributed by atoms with E-state index in [-0.39, 0.29) is 42.3 Å². The highest BCUT2D eigenvalue weighted by atomic mass is 127. The summed E-state index contributed by atoms with van der Waals surface area (Å²) in [5, 5.41) is 9.30. The first-order valence-corrected chi connectivity index (χ1v) is 10.0. The number of hydrogen-bond acceptors (Lipinski definition) is 4. The van der Waals surface area contributed by atoms with Crippen LogP contribution in [-0.2, 0) is 17.9 Å². The molecule has 7 nitrogen and oxygen atoms in total. The third-order valence-electron chi connectivity index (χ3n) is 4.44. The smallest absolute Gasteiger partial charge is 0.254 e. The molecule has 156 valence electrons. The maximum Gasteiger partial charge on any atom is 0.254 e. The molecule has 0 radical (unpaired) electrons. The van der Waals surface area contributed by atoms with E-state index in [1.165, 1.54) is 9.75 Å². The molecular weight excluding hydrogens is 501 g/mol. The largest absolute Gasteiger partial charge is 0.353 e. The SMILES string of the molecule is CN=C(NCc1ccc(C(=O)N2CCNC(=O)C2)cc1)NCc1ccc(C)s1.I. The van der Waals surface area contributed by atoms with Gasteiger partial charge >= 0.3 is 0 Å². The van der Waals surface area contributed by atoms with Gasteiger partial charge in [0.25, 0.3) is 5.91 Å². The summed E-state index contributed by atoms with van der Waals surface area (Å²) < 4.78 is 0. The first-order valence-electron chi connectivity index (χ1n) is 9.20. The van der Waals surface area contributed by atoms with Crippen molar-refractivity contribution in [2.45, 2.75) is 20.0 Å². The van der Waals surface area contributed by atoms with Crippen LogP contribution in [0, 0.1) is 6.92 Å². The molecule has 0 aliphatic carbocycles. The van der Waals surface area contributed by atoms with Crippen LogP contribution in [0.1, 0.15) is 25.7 Å². The molecule has 1 aromatic carbocycles. The van der Waals surface area contributed by atoms with Gasteiger partial charge in [-0.1, -0.05) is 12.1 Å². The molecule has 29 heavy (non-hydrogen) atoms. The average Bonchev–Trinajstić information content (AvgIpc) is 3.13. The maximum atomic E-state index is 12.5. The van der Waals surface area contributed by atoms with Crippen molar-refractivity contribution in [3.63, 3.8) is 0 Å². The fourth-order valence-corrected chi connectivity index (χ4v) is 3.75. The van der Waals surface area contributed by atoms with Crippen LogP contribution in [-0.4, -0.2) is 49.4 Å². The van der Waals surface area contributed by atoms with Crippen LogP contribution in [0.15, 0.2) is 41.4 Å². The van der Waals surface area contributed by atoms with Crippen LogP contribution in [0.25, 0.3) is 0 Å². The van der Waals surface area contributed by atoms with E-state index < -0.39 is 0 Å². The van der Waals surface area contributed by atoms with Crippen LogP contribution < -0.4 is 16.0 Å². The van der Waals surface area contributed by atoms with E-state index in [0.29, 0.717) is 25.2 Å². The van der Waals surface area contributed by atoms with E-state index in [1.807, 2.05) is 12.1 Å².